The van der Waals surface area contributed by atoms with E-state index in [4.69, 9.17) is 9.15 Å². The standard InChI is InChI=1S/C20H17N5O3/c1-14(18-23-24-19(28-18)16-5-3-2-4-6-16)27-20(26)17-9-7-15(8-10-17)11-25-13-21-12-22-25/h2-10,12-14H,11H2,1H3. The molecule has 0 amide bonds. The third kappa shape index (κ3) is 3.96. The fourth-order valence-corrected chi connectivity index (χ4v) is 2.62. The van der Waals surface area contributed by atoms with Crippen molar-refractivity contribution in [2.24, 2.45) is 0 Å². The fraction of sp³-hybridized carbons (Fsp3) is 0.150. The minimum atomic E-state index is -0.660. The highest BCUT2D eigenvalue weighted by molar-refractivity contribution is 5.89. The summed E-state index contributed by atoms with van der Waals surface area (Å²) >= 11 is 0. The molecular weight excluding hydrogens is 358 g/mol. The number of rotatable bonds is 6. The van der Waals surface area contributed by atoms with Crippen LogP contribution in [0, 0.1) is 0 Å². The number of aromatic nitrogens is 5. The Bertz CT molecular complexity index is 1040. The Balaban J connectivity index is 1.40. The molecule has 0 saturated carbocycles. The van der Waals surface area contributed by atoms with Gasteiger partial charge in [0.25, 0.3) is 5.89 Å². The van der Waals surface area contributed by atoms with Crippen molar-refractivity contribution in [2.75, 3.05) is 0 Å². The van der Waals surface area contributed by atoms with Crippen LogP contribution < -0.4 is 0 Å². The Kier molecular flexibility index (Phi) is 4.92. The molecule has 4 aromatic rings. The van der Waals surface area contributed by atoms with Gasteiger partial charge in [-0.2, -0.15) is 5.10 Å². The molecule has 0 bridgehead atoms. The second-order valence-electron chi connectivity index (χ2n) is 6.15. The number of nitrogens with zero attached hydrogens (tertiary/aromatic N) is 5. The molecule has 2 aromatic heterocycles. The molecule has 2 heterocycles. The molecule has 8 heteroatoms. The maximum atomic E-state index is 12.4. The number of esters is 1. The van der Waals surface area contributed by atoms with Gasteiger partial charge < -0.3 is 9.15 Å². The zero-order chi connectivity index (χ0) is 19.3. The first-order valence-corrected chi connectivity index (χ1v) is 8.70. The highest BCUT2D eigenvalue weighted by atomic mass is 16.6. The molecule has 0 N–H and O–H groups in total. The molecule has 0 fully saturated rings. The first-order chi connectivity index (χ1) is 13.7. The molecule has 4 rings (SSSR count). The minimum Gasteiger partial charge on any atom is -0.449 e. The van der Waals surface area contributed by atoms with Gasteiger partial charge in [-0.15, -0.1) is 10.2 Å². The van der Waals surface area contributed by atoms with E-state index in [-0.39, 0.29) is 5.89 Å². The van der Waals surface area contributed by atoms with Gasteiger partial charge in [0.1, 0.15) is 12.7 Å². The number of carbonyl (C=O) groups excluding carboxylic acids is 1. The molecule has 0 aliphatic heterocycles. The Labute approximate surface area is 160 Å². The predicted octanol–water partition coefficient (Wildman–Crippen LogP) is 3.29. The lowest BCUT2D eigenvalue weighted by Crippen LogP contribution is -2.10. The second kappa shape index (κ2) is 7.83. The Morgan fingerprint density at radius 1 is 1.11 bits per heavy atom. The largest absolute Gasteiger partial charge is 0.449 e. The van der Waals surface area contributed by atoms with Crippen molar-refractivity contribution in [1.82, 2.24) is 25.0 Å². The molecule has 0 saturated heterocycles. The van der Waals surface area contributed by atoms with Crippen LogP contribution in [0.5, 0.6) is 0 Å². The molecule has 0 spiro atoms. The molecule has 0 aliphatic carbocycles. The van der Waals surface area contributed by atoms with Crippen molar-refractivity contribution in [1.29, 1.82) is 0 Å². The predicted molar refractivity (Wildman–Crippen MR) is 99.1 cm³/mol. The lowest BCUT2D eigenvalue weighted by molar-refractivity contribution is 0.0280. The van der Waals surface area contributed by atoms with Gasteiger partial charge in [-0.05, 0) is 36.8 Å². The summed E-state index contributed by atoms with van der Waals surface area (Å²) in [5.41, 5.74) is 2.25. The normalized spacial score (nSPS) is 11.9. The molecule has 28 heavy (non-hydrogen) atoms. The van der Waals surface area contributed by atoms with Crippen LogP contribution in [0.15, 0.2) is 71.7 Å². The van der Waals surface area contributed by atoms with E-state index < -0.39 is 12.1 Å². The summed E-state index contributed by atoms with van der Waals surface area (Å²) in [5, 5.41) is 12.1. The van der Waals surface area contributed by atoms with Gasteiger partial charge in [-0.1, -0.05) is 30.3 Å². The van der Waals surface area contributed by atoms with E-state index in [1.54, 1.807) is 30.1 Å². The summed E-state index contributed by atoms with van der Waals surface area (Å²) in [7, 11) is 0. The highest BCUT2D eigenvalue weighted by Gasteiger charge is 2.20. The van der Waals surface area contributed by atoms with E-state index in [9.17, 15) is 4.79 Å². The summed E-state index contributed by atoms with van der Waals surface area (Å²) in [6, 6.07) is 16.5. The van der Waals surface area contributed by atoms with Gasteiger partial charge in [0, 0.05) is 5.56 Å². The van der Waals surface area contributed by atoms with E-state index in [0.29, 0.717) is 18.0 Å². The van der Waals surface area contributed by atoms with Crippen LogP contribution >= 0.6 is 0 Å². The van der Waals surface area contributed by atoms with Crippen molar-refractivity contribution in [3.63, 3.8) is 0 Å². The maximum Gasteiger partial charge on any atom is 0.338 e. The van der Waals surface area contributed by atoms with Crippen LogP contribution in [0.4, 0.5) is 0 Å². The number of benzene rings is 2. The lowest BCUT2D eigenvalue weighted by Gasteiger charge is -2.10. The lowest BCUT2D eigenvalue weighted by atomic mass is 10.1. The minimum absolute atomic E-state index is 0.245. The van der Waals surface area contributed by atoms with E-state index >= 15 is 0 Å². The number of hydrogen-bond donors (Lipinski definition) is 0. The van der Waals surface area contributed by atoms with E-state index in [2.05, 4.69) is 20.3 Å². The van der Waals surface area contributed by atoms with Crippen LogP contribution in [0.3, 0.4) is 0 Å². The van der Waals surface area contributed by atoms with Crippen molar-refractivity contribution >= 4 is 5.97 Å². The molecule has 140 valence electrons. The molecule has 2 aromatic carbocycles. The Hall–Kier alpha value is -3.81. The first kappa shape index (κ1) is 17.6. The van der Waals surface area contributed by atoms with Gasteiger partial charge in [0.2, 0.25) is 5.89 Å². The van der Waals surface area contributed by atoms with Gasteiger partial charge in [-0.25, -0.2) is 14.5 Å². The molecule has 1 atom stereocenters. The molecular formula is C20H17N5O3. The van der Waals surface area contributed by atoms with Crippen LogP contribution in [0.2, 0.25) is 0 Å². The van der Waals surface area contributed by atoms with Crippen LogP contribution in [-0.4, -0.2) is 30.9 Å². The zero-order valence-electron chi connectivity index (χ0n) is 15.1. The Morgan fingerprint density at radius 3 is 2.61 bits per heavy atom. The van der Waals surface area contributed by atoms with Crippen molar-refractivity contribution in [3.05, 3.63) is 84.3 Å². The third-order valence-corrected chi connectivity index (χ3v) is 4.09. The quantitative estimate of drug-likeness (QED) is 0.477. The molecule has 8 nitrogen and oxygen atoms in total. The highest BCUT2D eigenvalue weighted by Crippen LogP contribution is 2.23. The zero-order valence-corrected chi connectivity index (χ0v) is 15.1. The average molecular weight is 375 g/mol. The molecule has 0 radical (unpaired) electrons. The van der Waals surface area contributed by atoms with E-state index in [1.165, 1.54) is 6.33 Å². The van der Waals surface area contributed by atoms with Crippen LogP contribution in [-0.2, 0) is 11.3 Å². The molecule has 0 aliphatic rings. The fourth-order valence-electron chi connectivity index (χ4n) is 2.62. The van der Waals surface area contributed by atoms with Crippen molar-refractivity contribution in [3.8, 4) is 11.5 Å². The van der Waals surface area contributed by atoms with E-state index in [0.717, 1.165) is 11.1 Å². The first-order valence-electron chi connectivity index (χ1n) is 8.70. The number of carbonyl (C=O) groups is 1. The second-order valence-corrected chi connectivity index (χ2v) is 6.15. The van der Waals surface area contributed by atoms with Crippen molar-refractivity contribution in [2.45, 2.75) is 19.6 Å². The third-order valence-electron chi connectivity index (χ3n) is 4.09. The SMILES string of the molecule is CC(OC(=O)c1ccc(Cn2cncn2)cc1)c1nnc(-c2ccccc2)o1. The van der Waals surface area contributed by atoms with Crippen molar-refractivity contribution < 1.29 is 13.9 Å². The number of ether oxygens (including phenoxy) is 1. The van der Waals surface area contributed by atoms with Gasteiger partial charge in [-0.3, -0.25) is 0 Å². The van der Waals surface area contributed by atoms with Gasteiger partial charge in [0.15, 0.2) is 6.10 Å². The Morgan fingerprint density at radius 2 is 1.89 bits per heavy atom. The summed E-state index contributed by atoms with van der Waals surface area (Å²) in [6.07, 6.45) is 2.46. The van der Waals surface area contributed by atoms with Gasteiger partial charge >= 0.3 is 5.97 Å². The van der Waals surface area contributed by atoms with E-state index in [1.807, 2.05) is 42.5 Å². The summed E-state index contributed by atoms with van der Waals surface area (Å²) in [5.74, 6) is 0.172. The summed E-state index contributed by atoms with van der Waals surface area (Å²) in [4.78, 5) is 16.3. The average Bonchev–Trinajstić information content (AvgIpc) is 3.41. The van der Waals surface area contributed by atoms with Crippen LogP contribution in [0.1, 0.15) is 34.8 Å². The smallest absolute Gasteiger partial charge is 0.338 e. The number of hydrogen-bond acceptors (Lipinski definition) is 7. The van der Waals surface area contributed by atoms with Crippen LogP contribution in [0.25, 0.3) is 11.5 Å². The molecule has 1 unspecified atom stereocenters. The van der Waals surface area contributed by atoms with Gasteiger partial charge in [0.05, 0.1) is 12.1 Å². The summed E-state index contributed by atoms with van der Waals surface area (Å²) in [6.45, 7) is 2.27. The topological polar surface area (TPSA) is 95.9 Å². The maximum absolute atomic E-state index is 12.4. The summed E-state index contributed by atoms with van der Waals surface area (Å²) < 4.78 is 12.8. The monoisotopic (exact) mass is 375 g/mol.